The number of carbonyl (C=O) groups excluding carboxylic acids is 2. The number of carboxylic acid groups (broad SMARTS) is 1. The largest absolute Gasteiger partial charge is 0.493 e. The van der Waals surface area contributed by atoms with Gasteiger partial charge in [-0.15, -0.1) is 0 Å². The van der Waals surface area contributed by atoms with Gasteiger partial charge in [-0.3, -0.25) is 9.59 Å². The van der Waals surface area contributed by atoms with Crippen molar-refractivity contribution in [1.29, 1.82) is 0 Å². The summed E-state index contributed by atoms with van der Waals surface area (Å²) < 4.78 is 5.51. The third-order valence-corrected chi connectivity index (χ3v) is 4.50. The van der Waals surface area contributed by atoms with Gasteiger partial charge in [-0.2, -0.15) is 0 Å². The molecule has 7 nitrogen and oxygen atoms in total. The standard InChI is InChI=1S/C18H24N2O5/c1-4-25-15-10-6-5-8-13(15)16(21)20-11-7-9-14(20)17(22)19(3)12(2)18(23)24/h5-6,8,10,12,14H,4,7,9,11H2,1-3H3,(H,23,24). The molecule has 2 unspecified atom stereocenters. The molecule has 0 spiro atoms. The van der Waals surface area contributed by atoms with E-state index in [0.717, 1.165) is 0 Å². The second-order valence-corrected chi connectivity index (χ2v) is 6.05. The van der Waals surface area contributed by atoms with Gasteiger partial charge in [0.1, 0.15) is 17.8 Å². The predicted molar refractivity (Wildman–Crippen MR) is 91.5 cm³/mol. The number of nitrogens with zero attached hydrogens (tertiary/aromatic N) is 2. The Hall–Kier alpha value is -2.57. The molecule has 1 aromatic carbocycles. The molecule has 1 saturated heterocycles. The lowest BCUT2D eigenvalue weighted by Crippen LogP contribution is -2.50. The number of likely N-dealkylation sites (N-methyl/N-ethyl adjacent to an activating group) is 1. The minimum absolute atomic E-state index is 0.267. The van der Waals surface area contributed by atoms with Crippen LogP contribution < -0.4 is 4.74 Å². The summed E-state index contributed by atoms with van der Waals surface area (Å²) >= 11 is 0. The van der Waals surface area contributed by atoms with E-state index in [1.165, 1.54) is 23.8 Å². The Balaban J connectivity index is 2.22. The average Bonchev–Trinajstić information content (AvgIpc) is 3.09. The molecule has 0 radical (unpaired) electrons. The zero-order valence-corrected chi connectivity index (χ0v) is 14.8. The van der Waals surface area contributed by atoms with Gasteiger partial charge in [0.25, 0.3) is 5.91 Å². The molecule has 2 atom stereocenters. The smallest absolute Gasteiger partial charge is 0.326 e. The summed E-state index contributed by atoms with van der Waals surface area (Å²) in [4.78, 5) is 39.5. The highest BCUT2D eigenvalue weighted by Gasteiger charge is 2.38. The lowest BCUT2D eigenvalue weighted by atomic mass is 10.1. The third-order valence-electron chi connectivity index (χ3n) is 4.50. The molecule has 1 aromatic rings. The number of benzene rings is 1. The normalized spacial score (nSPS) is 17.9. The number of rotatable bonds is 6. The van der Waals surface area contributed by atoms with Crippen LogP contribution in [0.15, 0.2) is 24.3 Å². The summed E-state index contributed by atoms with van der Waals surface area (Å²) in [6.45, 7) is 4.19. The van der Waals surface area contributed by atoms with Crippen LogP contribution in [-0.2, 0) is 9.59 Å². The minimum atomic E-state index is -1.08. The van der Waals surface area contributed by atoms with Crippen LogP contribution in [0.1, 0.15) is 37.0 Å². The van der Waals surface area contributed by atoms with Crippen LogP contribution in [0.25, 0.3) is 0 Å². The number of carbonyl (C=O) groups is 3. The van der Waals surface area contributed by atoms with Crippen LogP contribution >= 0.6 is 0 Å². The number of para-hydroxylation sites is 1. The van der Waals surface area contributed by atoms with Crippen molar-refractivity contribution in [1.82, 2.24) is 9.80 Å². The first kappa shape index (κ1) is 18.8. The molecule has 0 bridgehead atoms. The van der Waals surface area contributed by atoms with E-state index < -0.39 is 18.1 Å². The highest BCUT2D eigenvalue weighted by molar-refractivity contribution is 6.00. The second kappa shape index (κ2) is 8.00. The van der Waals surface area contributed by atoms with Crippen LogP contribution in [0.3, 0.4) is 0 Å². The van der Waals surface area contributed by atoms with Crippen LogP contribution in [0.5, 0.6) is 5.75 Å². The van der Waals surface area contributed by atoms with Gasteiger partial charge in [0.2, 0.25) is 5.91 Å². The third kappa shape index (κ3) is 3.92. The Bertz CT molecular complexity index is 661. The monoisotopic (exact) mass is 348 g/mol. The molecular weight excluding hydrogens is 324 g/mol. The number of hydrogen-bond donors (Lipinski definition) is 1. The quantitative estimate of drug-likeness (QED) is 0.844. The number of amides is 2. The van der Waals surface area contributed by atoms with Crippen LogP contribution in [-0.4, -0.2) is 65.0 Å². The van der Waals surface area contributed by atoms with Crippen LogP contribution in [0.4, 0.5) is 0 Å². The molecule has 25 heavy (non-hydrogen) atoms. The van der Waals surface area contributed by atoms with Gasteiger partial charge in [-0.25, -0.2) is 4.79 Å². The Morgan fingerprint density at radius 2 is 2.04 bits per heavy atom. The lowest BCUT2D eigenvalue weighted by Gasteiger charge is -2.30. The molecule has 1 N–H and O–H groups in total. The van der Waals surface area contributed by atoms with E-state index in [0.29, 0.717) is 37.3 Å². The van der Waals surface area contributed by atoms with Crippen molar-refractivity contribution in [3.63, 3.8) is 0 Å². The maximum Gasteiger partial charge on any atom is 0.326 e. The number of aliphatic carboxylic acids is 1. The van der Waals surface area contributed by atoms with Gasteiger partial charge >= 0.3 is 5.97 Å². The summed E-state index contributed by atoms with van der Waals surface area (Å²) in [5.41, 5.74) is 0.415. The second-order valence-electron chi connectivity index (χ2n) is 6.05. The first-order chi connectivity index (χ1) is 11.9. The van der Waals surface area contributed by atoms with E-state index >= 15 is 0 Å². The minimum Gasteiger partial charge on any atom is -0.493 e. The fourth-order valence-corrected chi connectivity index (χ4v) is 2.94. The molecule has 1 aliphatic heterocycles. The van der Waals surface area contributed by atoms with E-state index in [4.69, 9.17) is 9.84 Å². The van der Waals surface area contributed by atoms with Gasteiger partial charge < -0.3 is 19.6 Å². The van der Waals surface area contributed by atoms with E-state index in [2.05, 4.69) is 0 Å². The molecule has 0 saturated carbocycles. The highest BCUT2D eigenvalue weighted by Crippen LogP contribution is 2.26. The maximum absolute atomic E-state index is 12.9. The Labute approximate surface area is 147 Å². The van der Waals surface area contributed by atoms with Gasteiger partial charge in [-0.05, 0) is 38.8 Å². The van der Waals surface area contributed by atoms with Gasteiger partial charge in [0, 0.05) is 13.6 Å². The van der Waals surface area contributed by atoms with Crippen molar-refractivity contribution in [2.24, 2.45) is 0 Å². The fraction of sp³-hybridized carbons (Fsp3) is 0.500. The molecule has 0 aliphatic carbocycles. The SMILES string of the molecule is CCOc1ccccc1C(=O)N1CCCC1C(=O)N(C)C(C)C(=O)O. The molecule has 1 fully saturated rings. The Morgan fingerprint density at radius 3 is 2.68 bits per heavy atom. The van der Waals surface area contributed by atoms with Crippen molar-refractivity contribution in [3.8, 4) is 5.75 Å². The number of hydrogen-bond acceptors (Lipinski definition) is 4. The van der Waals surface area contributed by atoms with Crippen molar-refractivity contribution in [2.45, 2.75) is 38.8 Å². The van der Waals surface area contributed by atoms with Crippen molar-refractivity contribution in [2.75, 3.05) is 20.2 Å². The van der Waals surface area contributed by atoms with Crippen molar-refractivity contribution < 1.29 is 24.2 Å². The number of ether oxygens (including phenoxy) is 1. The summed E-state index contributed by atoms with van der Waals surface area (Å²) in [7, 11) is 1.45. The Morgan fingerprint density at radius 1 is 1.36 bits per heavy atom. The van der Waals surface area contributed by atoms with Gasteiger partial charge in [-0.1, -0.05) is 12.1 Å². The maximum atomic E-state index is 12.9. The molecule has 2 rings (SSSR count). The first-order valence-corrected chi connectivity index (χ1v) is 8.40. The summed E-state index contributed by atoms with van der Waals surface area (Å²) in [6.07, 6.45) is 1.23. The molecule has 136 valence electrons. The molecule has 2 amide bonds. The number of carboxylic acids is 1. The fourth-order valence-electron chi connectivity index (χ4n) is 2.94. The Kier molecular flexibility index (Phi) is 6.01. The van der Waals surface area contributed by atoms with E-state index in [1.54, 1.807) is 24.3 Å². The molecular formula is C18H24N2O5. The van der Waals surface area contributed by atoms with Crippen molar-refractivity contribution in [3.05, 3.63) is 29.8 Å². The molecule has 7 heteroatoms. The van der Waals surface area contributed by atoms with E-state index in [9.17, 15) is 14.4 Å². The summed E-state index contributed by atoms with van der Waals surface area (Å²) in [5, 5.41) is 9.10. The van der Waals surface area contributed by atoms with E-state index in [-0.39, 0.29) is 11.8 Å². The molecule has 0 aromatic heterocycles. The van der Waals surface area contributed by atoms with Gasteiger partial charge in [0.05, 0.1) is 12.2 Å². The van der Waals surface area contributed by atoms with Crippen molar-refractivity contribution >= 4 is 17.8 Å². The van der Waals surface area contributed by atoms with Crippen LogP contribution in [0, 0.1) is 0 Å². The highest BCUT2D eigenvalue weighted by atomic mass is 16.5. The average molecular weight is 348 g/mol. The number of likely N-dealkylation sites (tertiary alicyclic amines) is 1. The molecule has 1 heterocycles. The van der Waals surface area contributed by atoms with E-state index in [1.807, 2.05) is 6.92 Å². The van der Waals surface area contributed by atoms with Gasteiger partial charge in [0.15, 0.2) is 0 Å². The predicted octanol–water partition coefficient (Wildman–Crippen LogP) is 1.62. The summed E-state index contributed by atoms with van der Waals surface area (Å²) in [6, 6.07) is 5.35. The van der Waals surface area contributed by atoms with Crippen LogP contribution in [0.2, 0.25) is 0 Å². The lowest BCUT2D eigenvalue weighted by molar-refractivity contribution is -0.149. The topological polar surface area (TPSA) is 87.2 Å². The zero-order valence-electron chi connectivity index (χ0n) is 14.8. The molecule has 1 aliphatic rings. The first-order valence-electron chi connectivity index (χ1n) is 8.40. The summed E-state index contributed by atoms with van der Waals surface area (Å²) in [5.74, 6) is -1.21. The zero-order chi connectivity index (χ0) is 18.6.